The highest BCUT2D eigenvalue weighted by Gasteiger charge is 2.20. The summed E-state index contributed by atoms with van der Waals surface area (Å²) in [7, 11) is 0. The Morgan fingerprint density at radius 3 is 2.52 bits per heavy atom. The molecule has 3 aromatic rings. The summed E-state index contributed by atoms with van der Waals surface area (Å²) in [5.41, 5.74) is 1.16. The molecule has 29 heavy (non-hydrogen) atoms. The third-order valence-corrected chi connectivity index (χ3v) is 4.40. The summed E-state index contributed by atoms with van der Waals surface area (Å²) in [6, 6.07) is 14.3. The second-order valence-corrected chi connectivity index (χ2v) is 6.96. The molecule has 0 aliphatic rings. The molecule has 0 spiro atoms. The average Bonchev–Trinajstić information content (AvgIpc) is 3.17. The van der Waals surface area contributed by atoms with Crippen LogP contribution in [0.3, 0.4) is 0 Å². The lowest BCUT2D eigenvalue weighted by molar-refractivity contribution is 0.0944. The maximum atomic E-state index is 13.1. The van der Waals surface area contributed by atoms with E-state index in [0.29, 0.717) is 35.2 Å². The van der Waals surface area contributed by atoms with Gasteiger partial charge in [0.2, 0.25) is 0 Å². The minimum Gasteiger partial charge on any atom is -0.494 e. The molecule has 6 nitrogen and oxygen atoms in total. The van der Waals surface area contributed by atoms with E-state index in [1.807, 2.05) is 13.0 Å². The fourth-order valence-corrected chi connectivity index (χ4v) is 2.84. The van der Waals surface area contributed by atoms with Crippen molar-refractivity contribution in [3.63, 3.8) is 0 Å². The molecule has 0 unspecified atom stereocenters. The zero-order valence-electron chi connectivity index (χ0n) is 16.6. The Labute approximate surface area is 175 Å². The van der Waals surface area contributed by atoms with Crippen molar-refractivity contribution in [2.75, 3.05) is 13.2 Å². The molecule has 1 heterocycles. The van der Waals surface area contributed by atoms with E-state index in [0.717, 1.165) is 25.0 Å². The molecule has 3 rings (SSSR count). The molecule has 0 atom stereocenters. The Balaban J connectivity index is 1.89. The van der Waals surface area contributed by atoms with Gasteiger partial charge in [-0.2, -0.15) is 9.67 Å². The number of ether oxygens (including phenoxy) is 2. The van der Waals surface area contributed by atoms with E-state index in [9.17, 15) is 4.79 Å². The molecular weight excluding hydrogens is 390 g/mol. The molecule has 0 saturated carbocycles. The molecule has 1 aromatic heterocycles. The average molecular weight is 414 g/mol. The molecule has 0 N–H and O–H groups in total. The molecule has 152 valence electrons. The normalized spacial score (nSPS) is 10.7. The number of nitrogens with zero attached hydrogens (tertiary/aromatic N) is 3. The van der Waals surface area contributed by atoms with Crippen LogP contribution in [0.15, 0.2) is 48.5 Å². The Morgan fingerprint density at radius 2 is 1.83 bits per heavy atom. The minimum absolute atomic E-state index is 0.162. The van der Waals surface area contributed by atoms with Crippen LogP contribution in [0.4, 0.5) is 0 Å². The highest BCUT2D eigenvalue weighted by Crippen LogP contribution is 2.24. The molecule has 0 amide bonds. The molecule has 0 aliphatic carbocycles. The summed E-state index contributed by atoms with van der Waals surface area (Å²) < 4.78 is 12.5. The molecule has 0 bridgehead atoms. The molecule has 0 aliphatic heterocycles. The third-order valence-electron chi connectivity index (χ3n) is 4.17. The van der Waals surface area contributed by atoms with Crippen LogP contribution in [0.2, 0.25) is 5.02 Å². The largest absolute Gasteiger partial charge is 0.494 e. The van der Waals surface area contributed by atoms with Crippen LogP contribution in [0.1, 0.15) is 43.5 Å². The van der Waals surface area contributed by atoms with E-state index in [2.05, 4.69) is 17.0 Å². The van der Waals surface area contributed by atoms with Crippen LogP contribution in [0, 0.1) is 0 Å². The molecule has 0 saturated heterocycles. The van der Waals surface area contributed by atoms with Gasteiger partial charge >= 0.3 is 6.01 Å². The maximum Gasteiger partial charge on any atom is 0.336 e. The van der Waals surface area contributed by atoms with Crippen molar-refractivity contribution in [2.24, 2.45) is 0 Å². The molecular formula is C22H24ClN3O3. The second kappa shape index (κ2) is 10.1. The van der Waals surface area contributed by atoms with Crippen molar-refractivity contribution in [1.29, 1.82) is 0 Å². The lowest BCUT2D eigenvalue weighted by Crippen LogP contribution is -2.15. The van der Waals surface area contributed by atoms with E-state index in [1.165, 1.54) is 4.68 Å². The van der Waals surface area contributed by atoms with E-state index >= 15 is 0 Å². The van der Waals surface area contributed by atoms with Crippen molar-refractivity contribution >= 4 is 17.5 Å². The van der Waals surface area contributed by atoms with Crippen molar-refractivity contribution in [3.05, 3.63) is 59.1 Å². The Bertz CT molecular complexity index is 954. The monoisotopic (exact) mass is 413 g/mol. The van der Waals surface area contributed by atoms with Gasteiger partial charge in [0.1, 0.15) is 5.75 Å². The first-order chi connectivity index (χ1) is 14.1. The van der Waals surface area contributed by atoms with Crippen molar-refractivity contribution < 1.29 is 14.3 Å². The highest BCUT2D eigenvalue weighted by molar-refractivity contribution is 6.30. The Morgan fingerprint density at radius 1 is 1.03 bits per heavy atom. The van der Waals surface area contributed by atoms with Crippen LogP contribution in [0.5, 0.6) is 11.8 Å². The number of unbranched alkanes of at least 4 members (excludes halogenated alkanes) is 1. The number of benzene rings is 2. The number of hydrogen-bond acceptors (Lipinski definition) is 5. The van der Waals surface area contributed by atoms with Crippen LogP contribution in [-0.2, 0) is 0 Å². The van der Waals surface area contributed by atoms with Crippen molar-refractivity contribution in [2.45, 2.75) is 33.1 Å². The Hall–Kier alpha value is -2.86. The van der Waals surface area contributed by atoms with Gasteiger partial charge < -0.3 is 9.47 Å². The van der Waals surface area contributed by atoms with Gasteiger partial charge in [0.05, 0.1) is 13.2 Å². The van der Waals surface area contributed by atoms with E-state index in [-0.39, 0.29) is 11.9 Å². The van der Waals surface area contributed by atoms with E-state index in [4.69, 9.17) is 21.1 Å². The number of carbonyl (C=O) groups excluding carboxylic acids is 1. The molecule has 2 aromatic carbocycles. The van der Waals surface area contributed by atoms with Crippen molar-refractivity contribution in [1.82, 2.24) is 14.8 Å². The van der Waals surface area contributed by atoms with Crippen LogP contribution in [0.25, 0.3) is 11.4 Å². The van der Waals surface area contributed by atoms with Gasteiger partial charge in [0, 0.05) is 16.1 Å². The summed E-state index contributed by atoms with van der Waals surface area (Å²) in [6.45, 7) is 5.23. The highest BCUT2D eigenvalue weighted by atomic mass is 35.5. The fourth-order valence-electron chi connectivity index (χ4n) is 2.65. The minimum atomic E-state index is -0.307. The first kappa shape index (κ1) is 20.9. The van der Waals surface area contributed by atoms with Crippen LogP contribution < -0.4 is 9.47 Å². The quantitative estimate of drug-likeness (QED) is 0.448. The zero-order valence-corrected chi connectivity index (χ0v) is 17.4. The lowest BCUT2D eigenvalue weighted by Gasteiger charge is -2.07. The number of aromatic nitrogens is 3. The smallest absolute Gasteiger partial charge is 0.336 e. The van der Waals surface area contributed by atoms with Crippen LogP contribution >= 0.6 is 11.6 Å². The predicted octanol–water partition coefficient (Wildman–Crippen LogP) is 5.25. The van der Waals surface area contributed by atoms with Gasteiger partial charge in [-0.05, 0) is 49.2 Å². The molecule has 0 radical (unpaired) electrons. The fraction of sp³-hybridized carbons (Fsp3) is 0.318. The maximum absolute atomic E-state index is 13.1. The second-order valence-electron chi connectivity index (χ2n) is 6.52. The first-order valence-electron chi connectivity index (χ1n) is 9.75. The number of hydrogen-bond donors (Lipinski definition) is 0. The summed E-state index contributed by atoms with van der Waals surface area (Å²) >= 11 is 6.12. The van der Waals surface area contributed by atoms with Gasteiger partial charge in [-0.1, -0.05) is 44.0 Å². The van der Waals surface area contributed by atoms with E-state index < -0.39 is 0 Å². The van der Waals surface area contributed by atoms with Gasteiger partial charge in [-0.3, -0.25) is 4.79 Å². The number of halogens is 1. The lowest BCUT2D eigenvalue weighted by atomic mass is 10.2. The third kappa shape index (κ3) is 5.35. The molecule has 7 heteroatoms. The number of rotatable bonds is 9. The predicted molar refractivity (Wildman–Crippen MR) is 113 cm³/mol. The number of carbonyl (C=O) groups is 1. The van der Waals surface area contributed by atoms with Crippen LogP contribution in [-0.4, -0.2) is 33.9 Å². The molecule has 0 fully saturated rings. The SMILES string of the molecule is CCCCOc1ccc(C(=O)n2nc(OCCC)nc2-c2cccc(Cl)c2)cc1. The summed E-state index contributed by atoms with van der Waals surface area (Å²) in [5.74, 6) is 0.807. The van der Waals surface area contributed by atoms with E-state index in [1.54, 1.807) is 42.5 Å². The Kier molecular flexibility index (Phi) is 7.25. The zero-order chi connectivity index (χ0) is 20.6. The summed E-state index contributed by atoms with van der Waals surface area (Å²) in [5, 5.41) is 4.82. The van der Waals surface area contributed by atoms with Gasteiger partial charge in [0.25, 0.3) is 5.91 Å². The van der Waals surface area contributed by atoms with Gasteiger partial charge in [-0.15, -0.1) is 5.10 Å². The van der Waals surface area contributed by atoms with Crippen molar-refractivity contribution in [3.8, 4) is 23.1 Å². The standard InChI is InChI=1S/C22H24ClN3O3/c1-3-5-14-28-19-11-9-16(10-12-19)21(27)26-20(17-7-6-8-18(23)15-17)24-22(25-26)29-13-4-2/h6-12,15H,3-5,13-14H2,1-2H3. The summed E-state index contributed by atoms with van der Waals surface area (Å²) in [6.07, 6.45) is 2.87. The van der Waals surface area contributed by atoms with Gasteiger partial charge in [-0.25, -0.2) is 0 Å². The topological polar surface area (TPSA) is 66.2 Å². The summed E-state index contributed by atoms with van der Waals surface area (Å²) in [4.78, 5) is 17.5. The van der Waals surface area contributed by atoms with Gasteiger partial charge in [0.15, 0.2) is 5.82 Å². The first-order valence-corrected chi connectivity index (χ1v) is 10.1.